The quantitative estimate of drug-likeness (QED) is 0.275. The molecule has 0 atom stereocenters. The Labute approximate surface area is 206 Å². The molecule has 4 rings (SSSR count). The first kappa shape index (κ1) is 23.3. The van der Waals surface area contributed by atoms with Crippen LogP contribution in [-0.4, -0.2) is 22.2 Å². The summed E-state index contributed by atoms with van der Waals surface area (Å²) in [4.78, 5) is 15.0. The van der Waals surface area contributed by atoms with Crippen molar-refractivity contribution in [2.75, 3.05) is 7.11 Å². The number of amides is 1. The van der Waals surface area contributed by atoms with Crippen LogP contribution in [0, 0.1) is 5.82 Å². The lowest BCUT2D eigenvalue weighted by atomic mass is 10.1. The molecule has 0 aromatic heterocycles. The molecule has 0 bridgehead atoms. The van der Waals surface area contributed by atoms with Gasteiger partial charge in [0.1, 0.15) is 16.7 Å². The molecule has 0 N–H and O–H groups in total. The maximum atomic E-state index is 14.0. The van der Waals surface area contributed by atoms with E-state index in [4.69, 9.17) is 33.3 Å². The summed E-state index contributed by atoms with van der Waals surface area (Å²) in [5, 5.41) is 0.295. The van der Waals surface area contributed by atoms with Gasteiger partial charge < -0.3 is 9.47 Å². The van der Waals surface area contributed by atoms with E-state index in [0.717, 1.165) is 11.1 Å². The zero-order valence-electron chi connectivity index (χ0n) is 17.6. The fraction of sp³-hybridized carbons (Fsp3) is 0.120. The van der Waals surface area contributed by atoms with Crippen LogP contribution in [0.3, 0.4) is 0 Å². The summed E-state index contributed by atoms with van der Waals surface area (Å²) in [5.74, 6) is 0.319. The minimum absolute atomic E-state index is 0.0423. The number of nitrogens with zero attached hydrogens (tertiary/aromatic N) is 1. The minimum atomic E-state index is -0.435. The summed E-state index contributed by atoms with van der Waals surface area (Å²) in [5.41, 5.74) is 2.03. The van der Waals surface area contributed by atoms with E-state index in [1.54, 1.807) is 41.3 Å². The van der Waals surface area contributed by atoms with Crippen molar-refractivity contribution in [2.45, 2.75) is 13.2 Å². The van der Waals surface area contributed by atoms with Gasteiger partial charge in [0.05, 0.1) is 23.6 Å². The second-order valence-electron chi connectivity index (χ2n) is 7.15. The molecule has 0 aliphatic carbocycles. The Morgan fingerprint density at radius 2 is 1.88 bits per heavy atom. The van der Waals surface area contributed by atoms with Crippen LogP contribution in [0.4, 0.5) is 4.39 Å². The molecule has 1 heterocycles. The number of thioether (sulfide) groups is 1. The smallest absolute Gasteiger partial charge is 0.266 e. The molecule has 0 unspecified atom stereocenters. The fourth-order valence-electron chi connectivity index (χ4n) is 3.27. The number of benzene rings is 3. The van der Waals surface area contributed by atoms with E-state index in [1.807, 2.05) is 30.3 Å². The molecular weight excluding hydrogens is 481 g/mol. The Hall–Kier alpha value is -2.87. The summed E-state index contributed by atoms with van der Waals surface area (Å²) in [6, 6.07) is 19.4. The molecule has 0 spiro atoms. The second kappa shape index (κ2) is 10.4. The fourth-order valence-corrected chi connectivity index (χ4v) is 4.74. The summed E-state index contributed by atoms with van der Waals surface area (Å²) < 4.78 is 25.7. The molecule has 3 aromatic carbocycles. The van der Waals surface area contributed by atoms with Crippen LogP contribution >= 0.6 is 35.6 Å². The lowest BCUT2D eigenvalue weighted by molar-refractivity contribution is -0.122. The van der Waals surface area contributed by atoms with E-state index >= 15 is 0 Å². The Balaban J connectivity index is 1.50. The first-order valence-electron chi connectivity index (χ1n) is 9.99. The van der Waals surface area contributed by atoms with Gasteiger partial charge in [0.15, 0.2) is 11.5 Å². The number of rotatable bonds is 7. The van der Waals surface area contributed by atoms with Crippen molar-refractivity contribution in [3.05, 3.63) is 99.2 Å². The van der Waals surface area contributed by atoms with Crippen molar-refractivity contribution < 1.29 is 18.7 Å². The third-order valence-electron chi connectivity index (χ3n) is 4.98. The van der Waals surface area contributed by atoms with Crippen molar-refractivity contribution in [2.24, 2.45) is 0 Å². The van der Waals surface area contributed by atoms with Crippen molar-refractivity contribution >= 4 is 51.9 Å². The van der Waals surface area contributed by atoms with Crippen LogP contribution < -0.4 is 9.47 Å². The first-order valence-corrected chi connectivity index (χ1v) is 11.6. The van der Waals surface area contributed by atoms with Gasteiger partial charge in [-0.2, -0.15) is 0 Å². The molecule has 1 aliphatic rings. The van der Waals surface area contributed by atoms with Gasteiger partial charge in [-0.05, 0) is 41.5 Å². The van der Waals surface area contributed by atoms with Gasteiger partial charge in [-0.15, -0.1) is 0 Å². The number of halogens is 2. The highest BCUT2D eigenvalue weighted by Crippen LogP contribution is 2.36. The zero-order chi connectivity index (χ0) is 23.4. The lowest BCUT2D eigenvalue weighted by Crippen LogP contribution is -2.27. The highest BCUT2D eigenvalue weighted by molar-refractivity contribution is 8.26. The molecule has 33 heavy (non-hydrogen) atoms. The summed E-state index contributed by atoms with van der Waals surface area (Å²) in [6.45, 7) is 0.386. The highest BCUT2D eigenvalue weighted by Gasteiger charge is 2.32. The number of hydrogen-bond acceptors (Lipinski definition) is 5. The molecule has 4 nitrogen and oxygen atoms in total. The molecule has 0 radical (unpaired) electrons. The molecule has 168 valence electrons. The van der Waals surface area contributed by atoms with Crippen molar-refractivity contribution in [3.8, 4) is 11.5 Å². The average Bonchev–Trinajstić information content (AvgIpc) is 3.07. The van der Waals surface area contributed by atoms with Crippen LogP contribution in [-0.2, 0) is 17.9 Å². The Kier molecular flexibility index (Phi) is 7.33. The number of carbonyl (C=O) groups is 1. The summed E-state index contributed by atoms with van der Waals surface area (Å²) in [7, 11) is 1.52. The predicted octanol–water partition coefficient (Wildman–Crippen LogP) is 6.47. The Bertz CT molecular complexity index is 1210. The zero-order valence-corrected chi connectivity index (χ0v) is 20.0. The number of hydrogen-bond donors (Lipinski definition) is 0. The third-order valence-corrected chi connectivity index (χ3v) is 6.71. The van der Waals surface area contributed by atoms with Gasteiger partial charge in [-0.3, -0.25) is 9.69 Å². The molecular formula is C25H19ClFNO3S2. The monoisotopic (exact) mass is 499 g/mol. The van der Waals surface area contributed by atoms with E-state index in [-0.39, 0.29) is 18.1 Å². The number of carbonyl (C=O) groups excluding carboxylic acids is 1. The van der Waals surface area contributed by atoms with Gasteiger partial charge in [-0.25, -0.2) is 4.39 Å². The maximum absolute atomic E-state index is 14.0. The van der Waals surface area contributed by atoms with E-state index in [1.165, 1.54) is 24.9 Å². The first-order chi connectivity index (χ1) is 16.0. The summed E-state index contributed by atoms with van der Waals surface area (Å²) >= 11 is 12.8. The van der Waals surface area contributed by atoms with Crippen LogP contribution in [0.2, 0.25) is 5.02 Å². The predicted molar refractivity (Wildman–Crippen MR) is 134 cm³/mol. The van der Waals surface area contributed by atoms with Crippen molar-refractivity contribution in [3.63, 3.8) is 0 Å². The topological polar surface area (TPSA) is 38.8 Å². The van der Waals surface area contributed by atoms with E-state index < -0.39 is 5.82 Å². The Morgan fingerprint density at radius 3 is 2.61 bits per heavy atom. The van der Waals surface area contributed by atoms with Crippen LogP contribution in [0.25, 0.3) is 6.08 Å². The largest absolute Gasteiger partial charge is 0.493 e. The Morgan fingerprint density at radius 1 is 1.09 bits per heavy atom. The van der Waals surface area contributed by atoms with Gasteiger partial charge >= 0.3 is 0 Å². The van der Waals surface area contributed by atoms with E-state index in [2.05, 4.69) is 0 Å². The van der Waals surface area contributed by atoms with Crippen LogP contribution in [0.15, 0.2) is 71.6 Å². The standard InChI is InChI=1S/C25H19ClFNO3S2/c1-30-22-12-17(10-11-21(22)31-15-18-19(26)8-5-9-20(18)27)13-23-24(29)28(25(32)33-23)14-16-6-3-2-4-7-16/h2-13H,14-15H2,1H3/b23-13-. The average molecular weight is 500 g/mol. The van der Waals surface area contributed by atoms with Crippen molar-refractivity contribution in [1.29, 1.82) is 0 Å². The highest BCUT2D eigenvalue weighted by atomic mass is 35.5. The molecule has 1 aliphatic heterocycles. The van der Waals surface area contributed by atoms with Gasteiger partial charge in [0.25, 0.3) is 5.91 Å². The van der Waals surface area contributed by atoms with Crippen LogP contribution in [0.1, 0.15) is 16.7 Å². The van der Waals surface area contributed by atoms with Crippen LogP contribution in [0.5, 0.6) is 11.5 Å². The third kappa shape index (κ3) is 5.38. The molecule has 1 saturated heterocycles. The molecule has 1 fully saturated rings. The normalized spacial score (nSPS) is 14.8. The second-order valence-corrected chi connectivity index (χ2v) is 9.24. The number of thiocarbonyl (C=S) groups is 1. The molecule has 0 saturated carbocycles. The van der Waals surface area contributed by atoms with E-state index in [0.29, 0.717) is 32.3 Å². The van der Waals surface area contributed by atoms with Gasteiger partial charge in [0.2, 0.25) is 0 Å². The molecule has 1 amide bonds. The molecule has 3 aromatic rings. The summed E-state index contributed by atoms with van der Waals surface area (Å²) in [6.07, 6.45) is 1.77. The van der Waals surface area contributed by atoms with Gasteiger partial charge in [-0.1, -0.05) is 78.0 Å². The SMILES string of the molecule is COc1cc(/C=C2\SC(=S)N(Cc3ccccc3)C2=O)ccc1OCc1c(F)cccc1Cl. The van der Waals surface area contributed by atoms with E-state index in [9.17, 15) is 9.18 Å². The lowest BCUT2D eigenvalue weighted by Gasteiger charge is -2.14. The maximum Gasteiger partial charge on any atom is 0.266 e. The number of ether oxygens (including phenoxy) is 2. The van der Waals surface area contributed by atoms with Crippen molar-refractivity contribution in [1.82, 2.24) is 4.90 Å². The number of methoxy groups -OCH3 is 1. The minimum Gasteiger partial charge on any atom is -0.493 e. The molecule has 8 heteroatoms. The van der Waals surface area contributed by atoms with Gasteiger partial charge in [0, 0.05) is 5.56 Å².